The molecule has 11 heteroatoms. The predicted octanol–water partition coefficient (Wildman–Crippen LogP) is 7.04. The van der Waals surface area contributed by atoms with Crippen molar-refractivity contribution in [3.8, 4) is 67.4 Å². The third kappa shape index (κ3) is 6.70. The molecule has 0 spiro atoms. The van der Waals surface area contributed by atoms with Gasteiger partial charge in [0.1, 0.15) is 11.5 Å². The van der Waals surface area contributed by atoms with E-state index in [1.54, 1.807) is 30.5 Å². The SMILES string of the molecule is CC(c1cccc(-c2cccc(-c3cc(-c4ccc(CN(C)C)cc4)c(N)nn3)c2O)c1)n1cc(-c2cc(-c3ccccc3O)nnc2N)cn1. The third-order valence-corrected chi connectivity index (χ3v) is 8.89. The number of hydrogen-bond acceptors (Lipinski definition) is 10. The lowest BCUT2D eigenvalue weighted by Crippen LogP contribution is -2.10. The molecule has 0 amide bonds. The second kappa shape index (κ2) is 13.7. The molecule has 0 saturated carbocycles. The van der Waals surface area contributed by atoms with E-state index in [1.165, 1.54) is 5.56 Å². The number of para-hydroxylation sites is 2. The van der Waals surface area contributed by atoms with Crippen molar-refractivity contribution >= 4 is 11.6 Å². The van der Waals surface area contributed by atoms with Gasteiger partial charge in [-0.25, -0.2) is 0 Å². The normalized spacial score (nSPS) is 11.9. The van der Waals surface area contributed by atoms with E-state index >= 15 is 0 Å². The molecule has 0 radical (unpaired) electrons. The number of anilines is 2. The summed E-state index contributed by atoms with van der Waals surface area (Å²) >= 11 is 0. The molecule has 3 heterocycles. The van der Waals surface area contributed by atoms with Gasteiger partial charge in [-0.3, -0.25) is 4.68 Å². The highest BCUT2D eigenvalue weighted by atomic mass is 16.3. The minimum Gasteiger partial charge on any atom is -0.507 e. The molecule has 51 heavy (non-hydrogen) atoms. The standard InChI is InChI=1S/C40H37N9O2/c1-24(49-23-29(21-43-49)34-20-35(44-47-40(34)42)31-10-4-5-13-37(31)50)27-8-6-9-28(18-27)30-11-7-12-32(38(30)51)36-19-33(39(41)46-45-36)26-16-14-25(15-17-26)22-48(2)3/h4-21,23-24,50-51H,22H2,1-3H3,(H2,41,46)(H2,42,47). The first kappa shape index (κ1) is 32.9. The van der Waals surface area contributed by atoms with Crippen molar-refractivity contribution in [3.63, 3.8) is 0 Å². The van der Waals surface area contributed by atoms with Gasteiger partial charge in [0, 0.05) is 46.1 Å². The van der Waals surface area contributed by atoms with Gasteiger partial charge in [0.25, 0.3) is 0 Å². The molecule has 1 unspecified atom stereocenters. The van der Waals surface area contributed by atoms with Gasteiger partial charge in [0.15, 0.2) is 11.6 Å². The molecule has 1 atom stereocenters. The second-order valence-electron chi connectivity index (χ2n) is 12.7. The maximum atomic E-state index is 11.6. The van der Waals surface area contributed by atoms with E-state index in [2.05, 4.69) is 42.5 Å². The maximum Gasteiger partial charge on any atom is 0.154 e. The van der Waals surface area contributed by atoms with Crippen molar-refractivity contribution in [2.24, 2.45) is 0 Å². The molecule has 6 N–H and O–H groups in total. The van der Waals surface area contributed by atoms with E-state index in [1.807, 2.05) is 98.6 Å². The highest BCUT2D eigenvalue weighted by Crippen LogP contribution is 2.40. The van der Waals surface area contributed by atoms with Crippen LogP contribution < -0.4 is 11.5 Å². The largest absolute Gasteiger partial charge is 0.507 e. The van der Waals surface area contributed by atoms with Crippen LogP contribution in [0.25, 0.3) is 55.9 Å². The third-order valence-electron chi connectivity index (χ3n) is 8.89. The van der Waals surface area contributed by atoms with Crippen LogP contribution >= 0.6 is 0 Å². The van der Waals surface area contributed by atoms with Gasteiger partial charge < -0.3 is 26.6 Å². The van der Waals surface area contributed by atoms with Gasteiger partial charge in [0.05, 0.1) is 23.6 Å². The average Bonchev–Trinajstić information content (AvgIpc) is 3.63. The Morgan fingerprint density at radius 2 is 1.27 bits per heavy atom. The van der Waals surface area contributed by atoms with E-state index in [4.69, 9.17) is 11.5 Å². The van der Waals surface area contributed by atoms with Crippen LogP contribution in [0.5, 0.6) is 11.5 Å². The summed E-state index contributed by atoms with van der Waals surface area (Å²) in [5, 5.41) is 43.5. The molecule has 7 rings (SSSR count). The van der Waals surface area contributed by atoms with Crippen LogP contribution in [0.15, 0.2) is 116 Å². The molecule has 7 aromatic rings. The number of aromatic hydroxyl groups is 2. The fraction of sp³-hybridized carbons (Fsp3) is 0.125. The van der Waals surface area contributed by atoms with Crippen molar-refractivity contribution < 1.29 is 10.2 Å². The van der Waals surface area contributed by atoms with Crippen molar-refractivity contribution in [3.05, 3.63) is 127 Å². The number of phenols is 2. The lowest BCUT2D eigenvalue weighted by molar-refractivity contribution is 0.402. The smallest absolute Gasteiger partial charge is 0.154 e. The topological polar surface area (TPSA) is 165 Å². The van der Waals surface area contributed by atoms with Gasteiger partial charge >= 0.3 is 0 Å². The quantitative estimate of drug-likeness (QED) is 0.125. The summed E-state index contributed by atoms with van der Waals surface area (Å²) in [5.74, 6) is 0.776. The van der Waals surface area contributed by atoms with Crippen LogP contribution in [-0.4, -0.2) is 59.4 Å². The Bertz CT molecular complexity index is 2350. The van der Waals surface area contributed by atoms with E-state index in [0.717, 1.165) is 34.4 Å². The van der Waals surface area contributed by atoms with Crippen LogP contribution in [0.4, 0.5) is 11.6 Å². The monoisotopic (exact) mass is 675 g/mol. The average molecular weight is 676 g/mol. The maximum absolute atomic E-state index is 11.6. The first-order valence-corrected chi connectivity index (χ1v) is 16.4. The molecule has 11 nitrogen and oxygen atoms in total. The highest BCUT2D eigenvalue weighted by Gasteiger charge is 2.18. The lowest BCUT2D eigenvalue weighted by atomic mass is 9.96. The number of nitrogens with zero attached hydrogens (tertiary/aromatic N) is 7. The molecule has 0 saturated heterocycles. The molecule has 0 fully saturated rings. The molecule has 3 aromatic heterocycles. The fourth-order valence-electron chi connectivity index (χ4n) is 6.16. The van der Waals surface area contributed by atoms with Gasteiger partial charge in [-0.1, -0.05) is 66.7 Å². The van der Waals surface area contributed by atoms with Crippen LogP contribution in [0.2, 0.25) is 0 Å². The summed E-state index contributed by atoms with van der Waals surface area (Å²) in [6.07, 6.45) is 3.64. The zero-order valence-electron chi connectivity index (χ0n) is 28.4. The summed E-state index contributed by atoms with van der Waals surface area (Å²) in [6.45, 7) is 2.88. The molecular formula is C40H37N9O2. The summed E-state index contributed by atoms with van der Waals surface area (Å²) in [7, 11) is 4.07. The van der Waals surface area contributed by atoms with Gasteiger partial charge in [-0.2, -0.15) is 5.10 Å². The summed E-state index contributed by atoms with van der Waals surface area (Å²) < 4.78 is 1.85. The van der Waals surface area contributed by atoms with Crippen molar-refractivity contribution in [1.82, 2.24) is 35.1 Å². The number of phenolic OH excluding ortho intramolecular Hbond substituents is 2. The van der Waals surface area contributed by atoms with E-state index in [9.17, 15) is 10.2 Å². The molecule has 4 aromatic carbocycles. The molecule has 0 bridgehead atoms. The Hall–Kier alpha value is -6.59. The van der Waals surface area contributed by atoms with E-state index < -0.39 is 0 Å². The van der Waals surface area contributed by atoms with E-state index in [0.29, 0.717) is 39.5 Å². The Morgan fingerprint density at radius 3 is 1.98 bits per heavy atom. The van der Waals surface area contributed by atoms with Crippen molar-refractivity contribution in [1.29, 1.82) is 0 Å². The molecule has 0 aliphatic carbocycles. The van der Waals surface area contributed by atoms with Gasteiger partial charge in [-0.15, -0.1) is 20.4 Å². The number of hydrogen-bond donors (Lipinski definition) is 4. The van der Waals surface area contributed by atoms with Gasteiger partial charge in [0.2, 0.25) is 0 Å². The summed E-state index contributed by atoms with van der Waals surface area (Å²) in [6, 6.07) is 32.2. The molecule has 0 aliphatic rings. The lowest BCUT2D eigenvalue weighted by Gasteiger charge is -2.16. The Kier molecular flexibility index (Phi) is 8.87. The van der Waals surface area contributed by atoms with Crippen molar-refractivity contribution in [2.45, 2.75) is 19.5 Å². The Labute approximate surface area is 295 Å². The second-order valence-corrected chi connectivity index (χ2v) is 12.7. The number of benzene rings is 4. The Morgan fingerprint density at radius 1 is 0.647 bits per heavy atom. The number of nitrogens with two attached hydrogens (primary N) is 2. The molecule has 254 valence electrons. The minimum atomic E-state index is -0.160. The zero-order valence-corrected chi connectivity index (χ0v) is 28.4. The number of rotatable bonds is 9. The summed E-state index contributed by atoms with van der Waals surface area (Å²) in [5.41, 5.74) is 21.4. The summed E-state index contributed by atoms with van der Waals surface area (Å²) in [4.78, 5) is 2.11. The van der Waals surface area contributed by atoms with Crippen LogP contribution in [0, 0.1) is 0 Å². The van der Waals surface area contributed by atoms with Crippen LogP contribution in [-0.2, 0) is 6.54 Å². The highest BCUT2D eigenvalue weighted by molar-refractivity contribution is 5.84. The number of nitrogen functional groups attached to an aromatic ring is 2. The predicted molar refractivity (Wildman–Crippen MR) is 200 cm³/mol. The first-order valence-electron chi connectivity index (χ1n) is 16.4. The van der Waals surface area contributed by atoms with Crippen LogP contribution in [0.1, 0.15) is 24.1 Å². The molecular weight excluding hydrogens is 639 g/mol. The number of aromatic nitrogens is 6. The fourth-order valence-corrected chi connectivity index (χ4v) is 6.16. The Balaban J connectivity index is 1.16. The van der Waals surface area contributed by atoms with E-state index in [-0.39, 0.29) is 23.4 Å². The minimum absolute atomic E-state index is 0.0935. The van der Waals surface area contributed by atoms with Crippen molar-refractivity contribution in [2.75, 3.05) is 25.6 Å². The first-order chi connectivity index (χ1) is 24.7. The zero-order chi connectivity index (χ0) is 35.6. The van der Waals surface area contributed by atoms with Crippen LogP contribution in [0.3, 0.4) is 0 Å². The molecule has 0 aliphatic heterocycles. The van der Waals surface area contributed by atoms with Gasteiger partial charge in [-0.05, 0) is 79.7 Å².